The maximum absolute atomic E-state index is 5.51. The molecule has 0 atom stereocenters. The minimum absolute atomic E-state index is 0.659. The number of benzene rings is 1. The van der Waals surface area contributed by atoms with Gasteiger partial charge in [0.05, 0.1) is 17.8 Å². The molecule has 2 aromatic rings. The molecular weight excluding hydrogens is 232 g/mol. The van der Waals surface area contributed by atoms with E-state index >= 15 is 0 Å². The number of hydrogen-bond acceptors (Lipinski definition) is 4. The topological polar surface area (TPSA) is 48.1 Å². The molecule has 1 aromatic heterocycles. The number of nitrogens with two attached hydrogens (primary N) is 1. The second-order valence-corrected chi connectivity index (χ2v) is 4.74. The zero-order chi connectivity index (χ0) is 12.1. The standard InChI is InChI=1S/C13H16N2OS/c1-16-12-4-2-3-10(8-12)7-11-9-17-13(15-11)5-6-14/h2-4,8-9H,5-7,14H2,1H3. The minimum Gasteiger partial charge on any atom is -0.497 e. The van der Waals surface area contributed by atoms with E-state index in [1.54, 1.807) is 18.4 Å². The highest BCUT2D eigenvalue weighted by Gasteiger charge is 2.03. The van der Waals surface area contributed by atoms with Gasteiger partial charge in [-0.05, 0) is 24.2 Å². The number of hydrogen-bond donors (Lipinski definition) is 1. The summed E-state index contributed by atoms with van der Waals surface area (Å²) in [6.07, 6.45) is 1.71. The van der Waals surface area contributed by atoms with Crippen LogP contribution in [0.25, 0.3) is 0 Å². The van der Waals surface area contributed by atoms with Gasteiger partial charge in [0.2, 0.25) is 0 Å². The van der Waals surface area contributed by atoms with Crippen LogP contribution in [0, 0.1) is 0 Å². The number of rotatable bonds is 5. The molecule has 0 bridgehead atoms. The maximum atomic E-state index is 5.51. The third-order valence-electron chi connectivity index (χ3n) is 2.48. The zero-order valence-electron chi connectivity index (χ0n) is 9.85. The monoisotopic (exact) mass is 248 g/mol. The summed E-state index contributed by atoms with van der Waals surface area (Å²) >= 11 is 1.68. The van der Waals surface area contributed by atoms with Crippen molar-refractivity contribution < 1.29 is 4.74 Å². The van der Waals surface area contributed by atoms with Gasteiger partial charge in [-0.25, -0.2) is 4.98 Å². The van der Waals surface area contributed by atoms with E-state index in [0.717, 1.165) is 29.3 Å². The van der Waals surface area contributed by atoms with Crippen LogP contribution in [0.4, 0.5) is 0 Å². The molecule has 3 nitrogen and oxygen atoms in total. The van der Waals surface area contributed by atoms with E-state index in [9.17, 15) is 0 Å². The largest absolute Gasteiger partial charge is 0.497 e. The fourth-order valence-electron chi connectivity index (χ4n) is 1.66. The van der Waals surface area contributed by atoms with E-state index in [0.29, 0.717) is 6.54 Å². The number of nitrogens with zero attached hydrogens (tertiary/aromatic N) is 1. The lowest BCUT2D eigenvalue weighted by molar-refractivity contribution is 0.414. The first-order valence-corrected chi connectivity index (χ1v) is 6.46. The van der Waals surface area contributed by atoms with Gasteiger partial charge >= 0.3 is 0 Å². The fraction of sp³-hybridized carbons (Fsp3) is 0.308. The van der Waals surface area contributed by atoms with Crippen LogP contribution in [0.3, 0.4) is 0 Å². The average molecular weight is 248 g/mol. The Morgan fingerprint density at radius 1 is 1.41 bits per heavy atom. The molecule has 0 aliphatic carbocycles. The van der Waals surface area contributed by atoms with Crippen LogP contribution < -0.4 is 10.5 Å². The molecule has 0 radical (unpaired) electrons. The van der Waals surface area contributed by atoms with Gasteiger partial charge < -0.3 is 10.5 Å². The summed E-state index contributed by atoms with van der Waals surface area (Å²) in [5.74, 6) is 0.889. The zero-order valence-corrected chi connectivity index (χ0v) is 10.7. The first kappa shape index (κ1) is 12.1. The molecule has 2 rings (SSSR count). The van der Waals surface area contributed by atoms with Crippen molar-refractivity contribution in [1.29, 1.82) is 0 Å². The molecule has 0 fully saturated rings. The van der Waals surface area contributed by atoms with Crippen molar-refractivity contribution >= 4 is 11.3 Å². The van der Waals surface area contributed by atoms with Crippen LogP contribution in [0.2, 0.25) is 0 Å². The molecular formula is C13H16N2OS. The van der Waals surface area contributed by atoms with Gasteiger partial charge in [0.1, 0.15) is 5.75 Å². The van der Waals surface area contributed by atoms with E-state index in [4.69, 9.17) is 10.5 Å². The van der Waals surface area contributed by atoms with Gasteiger partial charge in [0, 0.05) is 18.2 Å². The van der Waals surface area contributed by atoms with E-state index in [2.05, 4.69) is 16.4 Å². The Balaban J connectivity index is 2.08. The van der Waals surface area contributed by atoms with Crippen molar-refractivity contribution in [1.82, 2.24) is 4.98 Å². The molecule has 0 aliphatic heterocycles. The van der Waals surface area contributed by atoms with Crippen molar-refractivity contribution in [2.45, 2.75) is 12.8 Å². The summed E-state index contributed by atoms with van der Waals surface area (Å²) in [5, 5.41) is 3.22. The van der Waals surface area contributed by atoms with Crippen LogP contribution in [-0.2, 0) is 12.8 Å². The molecule has 0 unspecified atom stereocenters. The first-order valence-electron chi connectivity index (χ1n) is 5.58. The minimum atomic E-state index is 0.659. The molecule has 1 aromatic carbocycles. The predicted molar refractivity (Wildman–Crippen MR) is 70.7 cm³/mol. The Morgan fingerprint density at radius 3 is 3.06 bits per heavy atom. The summed E-state index contributed by atoms with van der Waals surface area (Å²) in [4.78, 5) is 4.55. The highest BCUT2D eigenvalue weighted by molar-refractivity contribution is 7.09. The lowest BCUT2D eigenvalue weighted by Crippen LogP contribution is -2.02. The molecule has 90 valence electrons. The molecule has 2 N–H and O–H groups in total. The lowest BCUT2D eigenvalue weighted by Gasteiger charge is -2.02. The quantitative estimate of drug-likeness (QED) is 0.882. The highest BCUT2D eigenvalue weighted by Crippen LogP contribution is 2.17. The first-order chi connectivity index (χ1) is 8.31. The molecule has 17 heavy (non-hydrogen) atoms. The fourth-order valence-corrected chi connectivity index (χ4v) is 2.47. The summed E-state index contributed by atoms with van der Waals surface area (Å²) < 4.78 is 5.20. The lowest BCUT2D eigenvalue weighted by atomic mass is 10.1. The summed E-state index contributed by atoms with van der Waals surface area (Å²) in [5.41, 5.74) is 7.83. The Labute approximate surface area is 105 Å². The van der Waals surface area contributed by atoms with Crippen molar-refractivity contribution in [3.05, 3.63) is 45.9 Å². The summed E-state index contributed by atoms with van der Waals surface area (Å²) in [6, 6.07) is 8.08. The Kier molecular flexibility index (Phi) is 4.12. The third kappa shape index (κ3) is 3.28. The number of methoxy groups -OCH3 is 1. The van der Waals surface area contributed by atoms with E-state index in [-0.39, 0.29) is 0 Å². The Hall–Kier alpha value is -1.39. The molecule has 0 saturated heterocycles. The SMILES string of the molecule is COc1cccc(Cc2csc(CCN)n2)c1. The summed E-state index contributed by atoms with van der Waals surface area (Å²) in [7, 11) is 1.68. The van der Waals surface area contributed by atoms with Crippen molar-refractivity contribution in [2.75, 3.05) is 13.7 Å². The molecule has 4 heteroatoms. The van der Waals surface area contributed by atoms with Crippen molar-refractivity contribution in [2.24, 2.45) is 5.73 Å². The van der Waals surface area contributed by atoms with Gasteiger partial charge in [0.15, 0.2) is 0 Å². The molecule has 0 saturated carbocycles. The smallest absolute Gasteiger partial charge is 0.119 e. The molecule has 0 amide bonds. The van der Waals surface area contributed by atoms with Crippen LogP contribution in [-0.4, -0.2) is 18.6 Å². The van der Waals surface area contributed by atoms with Gasteiger partial charge in [-0.2, -0.15) is 0 Å². The van der Waals surface area contributed by atoms with Crippen LogP contribution >= 0.6 is 11.3 Å². The number of thiazole rings is 1. The third-order valence-corrected chi connectivity index (χ3v) is 3.43. The predicted octanol–water partition coefficient (Wildman–Crippen LogP) is 2.24. The number of aromatic nitrogens is 1. The Morgan fingerprint density at radius 2 is 2.29 bits per heavy atom. The van der Waals surface area contributed by atoms with Gasteiger partial charge in [-0.3, -0.25) is 0 Å². The summed E-state index contributed by atoms with van der Waals surface area (Å²) in [6.45, 7) is 0.659. The second-order valence-electron chi connectivity index (χ2n) is 3.80. The van der Waals surface area contributed by atoms with Gasteiger partial charge in [-0.1, -0.05) is 12.1 Å². The molecule has 0 spiro atoms. The second kappa shape index (κ2) is 5.80. The van der Waals surface area contributed by atoms with Crippen molar-refractivity contribution in [3.63, 3.8) is 0 Å². The van der Waals surface area contributed by atoms with Gasteiger partial charge in [0.25, 0.3) is 0 Å². The van der Waals surface area contributed by atoms with Gasteiger partial charge in [-0.15, -0.1) is 11.3 Å². The average Bonchev–Trinajstić information content (AvgIpc) is 2.77. The highest BCUT2D eigenvalue weighted by atomic mass is 32.1. The Bertz CT molecular complexity index is 482. The van der Waals surface area contributed by atoms with Crippen LogP contribution in [0.1, 0.15) is 16.3 Å². The van der Waals surface area contributed by atoms with E-state index in [1.807, 2.05) is 18.2 Å². The molecule has 1 heterocycles. The normalized spacial score (nSPS) is 10.5. The van der Waals surface area contributed by atoms with Crippen molar-refractivity contribution in [3.8, 4) is 5.75 Å². The van der Waals surface area contributed by atoms with E-state index in [1.165, 1.54) is 5.56 Å². The van der Waals surface area contributed by atoms with Crippen LogP contribution in [0.15, 0.2) is 29.6 Å². The maximum Gasteiger partial charge on any atom is 0.119 e. The van der Waals surface area contributed by atoms with Crippen LogP contribution in [0.5, 0.6) is 5.75 Å². The number of ether oxygens (including phenoxy) is 1. The van der Waals surface area contributed by atoms with E-state index < -0.39 is 0 Å². The molecule has 0 aliphatic rings.